The molecule has 1 saturated heterocycles. The summed E-state index contributed by atoms with van der Waals surface area (Å²) >= 11 is 0. The smallest absolute Gasteiger partial charge is 0.254 e. The monoisotopic (exact) mass is 298 g/mol. The molecule has 5 nitrogen and oxygen atoms in total. The molecule has 0 bridgehead atoms. The maximum absolute atomic E-state index is 12.8. The highest BCUT2D eigenvalue weighted by Crippen LogP contribution is 2.22. The van der Waals surface area contributed by atoms with Gasteiger partial charge in [0, 0.05) is 36.6 Å². The van der Waals surface area contributed by atoms with E-state index in [9.17, 15) is 4.79 Å². The van der Waals surface area contributed by atoms with Gasteiger partial charge in [-0.2, -0.15) is 5.10 Å². The quantitative estimate of drug-likeness (QED) is 0.945. The van der Waals surface area contributed by atoms with Gasteiger partial charge in [0.1, 0.15) is 0 Å². The lowest BCUT2D eigenvalue weighted by Gasteiger charge is -2.38. The first-order valence-electron chi connectivity index (χ1n) is 7.83. The van der Waals surface area contributed by atoms with Crippen LogP contribution in [0.1, 0.15) is 36.5 Å². The molecule has 1 aromatic carbocycles. The average Bonchev–Trinajstić information content (AvgIpc) is 3.09. The number of nitrogens with zero attached hydrogens (tertiary/aromatic N) is 3. The lowest BCUT2D eigenvalue weighted by molar-refractivity contribution is 0.0584. The summed E-state index contributed by atoms with van der Waals surface area (Å²) in [6.07, 6.45) is 6.82. The number of carbonyl (C=O) groups is 1. The third kappa shape index (κ3) is 2.90. The largest absolute Gasteiger partial charge is 0.334 e. The predicted octanol–water partition coefficient (Wildman–Crippen LogP) is 2.21. The van der Waals surface area contributed by atoms with Crippen LogP contribution in [0, 0.1) is 0 Å². The standard InChI is InChI=1S/C17H22N4O/c1-13(18)16-5-2-3-11-20(16)17(22)14-6-8-15(9-7-14)21-12-4-10-19-21/h4,6-10,12-13,16H,2-3,5,11,18H2,1H3. The third-order valence-corrected chi connectivity index (χ3v) is 4.30. The number of rotatable bonds is 3. The van der Waals surface area contributed by atoms with Crippen LogP contribution >= 0.6 is 0 Å². The van der Waals surface area contributed by atoms with Crippen molar-refractivity contribution in [3.63, 3.8) is 0 Å². The van der Waals surface area contributed by atoms with E-state index >= 15 is 0 Å². The lowest BCUT2D eigenvalue weighted by Crippen LogP contribution is -2.51. The Balaban J connectivity index is 1.79. The Kier molecular flexibility index (Phi) is 4.24. The van der Waals surface area contributed by atoms with Crippen molar-refractivity contribution in [1.82, 2.24) is 14.7 Å². The minimum absolute atomic E-state index is 0.00703. The van der Waals surface area contributed by atoms with E-state index in [0.29, 0.717) is 5.56 Å². The van der Waals surface area contributed by atoms with Gasteiger partial charge in [-0.05, 0) is 56.5 Å². The van der Waals surface area contributed by atoms with E-state index in [4.69, 9.17) is 5.73 Å². The summed E-state index contributed by atoms with van der Waals surface area (Å²) in [6, 6.07) is 9.61. The molecule has 2 heterocycles. The topological polar surface area (TPSA) is 64.2 Å². The van der Waals surface area contributed by atoms with Gasteiger partial charge in [0.2, 0.25) is 0 Å². The number of carbonyl (C=O) groups excluding carboxylic acids is 1. The summed E-state index contributed by atoms with van der Waals surface area (Å²) in [5.74, 6) is 0.0778. The van der Waals surface area contributed by atoms with Crippen LogP contribution in [-0.4, -0.2) is 39.2 Å². The Morgan fingerprint density at radius 3 is 2.73 bits per heavy atom. The first-order chi connectivity index (χ1) is 10.7. The van der Waals surface area contributed by atoms with Crippen LogP contribution in [0.2, 0.25) is 0 Å². The van der Waals surface area contributed by atoms with E-state index in [-0.39, 0.29) is 18.0 Å². The van der Waals surface area contributed by atoms with Gasteiger partial charge in [-0.15, -0.1) is 0 Å². The molecule has 0 saturated carbocycles. The van der Waals surface area contributed by atoms with Crippen molar-refractivity contribution in [2.24, 2.45) is 5.73 Å². The second kappa shape index (κ2) is 6.32. The third-order valence-electron chi connectivity index (χ3n) is 4.30. The van der Waals surface area contributed by atoms with Crippen LogP contribution in [0.5, 0.6) is 0 Å². The predicted molar refractivity (Wildman–Crippen MR) is 85.9 cm³/mol. The molecule has 22 heavy (non-hydrogen) atoms. The molecule has 0 aliphatic carbocycles. The molecule has 116 valence electrons. The van der Waals surface area contributed by atoms with Gasteiger partial charge in [0.05, 0.1) is 5.69 Å². The molecule has 1 amide bonds. The Labute approximate surface area is 130 Å². The normalized spacial score (nSPS) is 19.9. The van der Waals surface area contributed by atoms with Crippen LogP contribution < -0.4 is 5.73 Å². The number of nitrogens with two attached hydrogens (primary N) is 1. The van der Waals surface area contributed by atoms with Crippen molar-refractivity contribution in [2.75, 3.05) is 6.54 Å². The van der Waals surface area contributed by atoms with Gasteiger partial charge < -0.3 is 10.6 Å². The van der Waals surface area contributed by atoms with E-state index in [1.165, 1.54) is 0 Å². The lowest BCUT2D eigenvalue weighted by atomic mass is 9.96. The molecule has 0 radical (unpaired) electrons. The molecule has 1 aliphatic rings. The van der Waals surface area contributed by atoms with Crippen molar-refractivity contribution < 1.29 is 4.79 Å². The fourth-order valence-corrected chi connectivity index (χ4v) is 3.10. The van der Waals surface area contributed by atoms with E-state index in [1.807, 2.05) is 48.4 Å². The molecular weight excluding hydrogens is 276 g/mol. The maximum atomic E-state index is 12.8. The summed E-state index contributed by atoms with van der Waals surface area (Å²) in [6.45, 7) is 2.78. The van der Waals surface area contributed by atoms with Crippen molar-refractivity contribution in [3.05, 3.63) is 48.3 Å². The van der Waals surface area contributed by atoms with Crippen molar-refractivity contribution in [2.45, 2.75) is 38.3 Å². The van der Waals surface area contributed by atoms with Gasteiger partial charge in [-0.3, -0.25) is 4.79 Å². The molecule has 0 spiro atoms. The van der Waals surface area contributed by atoms with Crippen molar-refractivity contribution in [3.8, 4) is 5.69 Å². The Morgan fingerprint density at radius 2 is 2.09 bits per heavy atom. The summed E-state index contributed by atoms with van der Waals surface area (Å²) in [5, 5.41) is 4.19. The Bertz CT molecular complexity index is 619. The number of hydrogen-bond acceptors (Lipinski definition) is 3. The highest BCUT2D eigenvalue weighted by atomic mass is 16.2. The minimum Gasteiger partial charge on any atom is -0.334 e. The highest BCUT2D eigenvalue weighted by molar-refractivity contribution is 5.94. The van der Waals surface area contributed by atoms with Crippen LogP contribution in [-0.2, 0) is 0 Å². The fourth-order valence-electron chi connectivity index (χ4n) is 3.10. The van der Waals surface area contributed by atoms with Crippen molar-refractivity contribution >= 4 is 5.91 Å². The first kappa shape index (κ1) is 14.8. The molecule has 5 heteroatoms. The summed E-state index contributed by atoms with van der Waals surface area (Å²) in [5.41, 5.74) is 7.72. The van der Waals surface area contributed by atoms with Crippen LogP contribution in [0.25, 0.3) is 5.69 Å². The van der Waals surface area contributed by atoms with Gasteiger partial charge >= 0.3 is 0 Å². The zero-order valence-electron chi connectivity index (χ0n) is 12.9. The Hall–Kier alpha value is -2.14. The van der Waals surface area contributed by atoms with E-state index in [0.717, 1.165) is 31.5 Å². The fraction of sp³-hybridized carbons (Fsp3) is 0.412. The zero-order valence-corrected chi connectivity index (χ0v) is 12.9. The summed E-state index contributed by atoms with van der Waals surface area (Å²) in [7, 11) is 0. The second-order valence-corrected chi connectivity index (χ2v) is 5.92. The second-order valence-electron chi connectivity index (χ2n) is 5.92. The molecule has 1 aromatic heterocycles. The van der Waals surface area contributed by atoms with Crippen LogP contribution in [0.3, 0.4) is 0 Å². The Morgan fingerprint density at radius 1 is 1.32 bits per heavy atom. The molecule has 1 fully saturated rings. The first-order valence-corrected chi connectivity index (χ1v) is 7.83. The summed E-state index contributed by atoms with van der Waals surface area (Å²) < 4.78 is 1.78. The van der Waals surface area contributed by atoms with Crippen LogP contribution in [0.15, 0.2) is 42.7 Å². The van der Waals surface area contributed by atoms with Gasteiger partial charge in [0.15, 0.2) is 0 Å². The zero-order chi connectivity index (χ0) is 15.5. The minimum atomic E-state index is 0.00703. The van der Waals surface area contributed by atoms with Gasteiger partial charge in [-0.25, -0.2) is 4.68 Å². The SMILES string of the molecule is CC(N)C1CCCCN1C(=O)c1ccc(-n2cccn2)cc1. The average molecular weight is 298 g/mol. The number of benzene rings is 1. The molecule has 1 aliphatic heterocycles. The van der Waals surface area contributed by atoms with Gasteiger partial charge in [0.25, 0.3) is 5.91 Å². The van der Waals surface area contributed by atoms with E-state index in [2.05, 4.69) is 5.10 Å². The molecule has 2 aromatic rings. The molecular formula is C17H22N4O. The number of aromatic nitrogens is 2. The number of amides is 1. The maximum Gasteiger partial charge on any atom is 0.254 e. The molecule has 3 rings (SSSR count). The molecule has 2 N–H and O–H groups in total. The van der Waals surface area contributed by atoms with Crippen molar-refractivity contribution in [1.29, 1.82) is 0 Å². The molecule has 2 unspecified atom stereocenters. The highest BCUT2D eigenvalue weighted by Gasteiger charge is 2.29. The van der Waals surface area contributed by atoms with Gasteiger partial charge in [-0.1, -0.05) is 0 Å². The van der Waals surface area contributed by atoms with Crippen LogP contribution in [0.4, 0.5) is 0 Å². The number of hydrogen-bond donors (Lipinski definition) is 1. The number of likely N-dealkylation sites (tertiary alicyclic amines) is 1. The number of piperidine rings is 1. The summed E-state index contributed by atoms with van der Waals surface area (Å²) in [4.78, 5) is 14.7. The van der Waals surface area contributed by atoms with E-state index in [1.54, 1.807) is 10.9 Å². The van der Waals surface area contributed by atoms with E-state index < -0.39 is 0 Å². The molecule has 2 atom stereocenters.